The second kappa shape index (κ2) is 9.86. The Morgan fingerprint density at radius 2 is 1.78 bits per heavy atom. The van der Waals surface area contributed by atoms with Gasteiger partial charge in [-0.25, -0.2) is 9.78 Å². The van der Waals surface area contributed by atoms with Gasteiger partial charge in [-0.2, -0.15) is 9.78 Å². The Bertz CT molecular complexity index is 1720. The zero-order valence-corrected chi connectivity index (χ0v) is 19.9. The Kier molecular flexibility index (Phi) is 6.29. The summed E-state index contributed by atoms with van der Waals surface area (Å²) in [7, 11) is 3.00. The Hall–Kier alpha value is -5.12. The van der Waals surface area contributed by atoms with Crippen LogP contribution in [0.15, 0.2) is 81.0 Å². The number of furan rings is 1. The summed E-state index contributed by atoms with van der Waals surface area (Å²) < 4.78 is 23.4. The molecule has 0 saturated carbocycles. The van der Waals surface area contributed by atoms with Gasteiger partial charge in [0.25, 0.3) is 5.56 Å². The van der Waals surface area contributed by atoms with E-state index in [1.165, 1.54) is 13.3 Å². The van der Waals surface area contributed by atoms with Gasteiger partial charge < -0.3 is 23.7 Å². The zero-order valence-electron chi connectivity index (χ0n) is 19.9. The molecule has 0 spiro atoms. The first-order chi connectivity index (χ1) is 18.0. The normalized spacial score (nSPS) is 11.3. The summed E-state index contributed by atoms with van der Waals surface area (Å²) in [5, 5.41) is 14.6. The van der Waals surface area contributed by atoms with E-state index in [4.69, 9.17) is 23.7 Å². The Morgan fingerprint density at radius 1 is 1.03 bits per heavy atom. The summed E-state index contributed by atoms with van der Waals surface area (Å²) in [6.07, 6.45) is 1.38. The van der Waals surface area contributed by atoms with Gasteiger partial charge in [0, 0.05) is 5.56 Å². The lowest BCUT2D eigenvalue weighted by Crippen LogP contribution is -2.20. The van der Waals surface area contributed by atoms with Crippen LogP contribution in [0.2, 0.25) is 0 Å². The lowest BCUT2D eigenvalue weighted by atomic mass is 10.2. The Balaban J connectivity index is 1.70. The van der Waals surface area contributed by atoms with E-state index < -0.39 is 18.1 Å². The van der Waals surface area contributed by atoms with Crippen LogP contribution in [-0.4, -0.2) is 47.8 Å². The molecule has 1 N–H and O–H groups in total. The molecule has 0 bridgehead atoms. The first-order valence-electron chi connectivity index (χ1n) is 11.1. The zero-order chi connectivity index (χ0) is 25.9. The van der Waals surface area contributed by atoms with Gasteiger partial charge in [0.1, 0.15) is 11.3 Å². The van der Waals surface area contributed by atoms with Gasteiger partial charge in [0.15, 0.2) is 23.9 Å². The van der Waals surface area contributed by atoms with E-state index in [-0.39, 0.29) is 11.6 Å². The molecule has 0 amide bonds. The van der Waals surface area contributed by atoms with E-state index in [0.29, 0.717) is 39.3 Å². The van der Waals surface area contributed by atoms with Crippen LogP contribution in [0.4, 0.5) is 0 Å². The smallest absolute Gasteiger partial charge is 0.341 e. The second-order valence-electron chi connectivity index (χ2n) is 7.86. The largest absolute Gasteiger partial charge is 0.496 e. The summed E-state index contributed by atoms with van der Waals surface area (Å²) in [5.41, 5.74) is 1.02. The standard InChI is InChI=1S/C27H21N3O7/c1-34-20-10-6-11-21-18(20)13-23(37-21)26-29-19-9-4-3-8-17(19)27(33)30(26)28-14-16-7-5-12-22(35-2)25(16)36-15-24(31)32/h3-14H,15H2,1-2H3,(H,31,32). The lowest BCUT2D eigenvalue weighted by Gasteiger charge is -2.12. The molecule has 10 nitrogen and oxygen atoms in total. The van der Waals surface area contributed by atoms with Crippen LogP contribution in [0, 0.1) is 0 Å². The average molecular weight is 499 g/mol. The molecule has 2 heterocycles. The summed E-state index contributed by atoms with van der Waals surface area (Å²) in [6.45, 7) is -0.579. The summed E-state index contributed by atoms with van der Waals surface area (Å²) in [5.74, 6) is 0.446. The number of carboxylic acid groups (broad SMARTS) is 1. The van der Waals surface area contributed by atoms with Crippen molar-refractivity contribution in [3.63, 3.8) is 0 Å². The second-order valence-corrected chi connectivity index (χ2v) is 7.86. The van der Waals surface area contributed by atoms with Gasteiger partial charge in [-0.1, -0.05) is 24.3 Å². The van der Waals surface area contributed by atoms with E-state index in [1.807, 2.05) is 6.07 Å². The van der Waals surface area contributed by atoms with Gasteiger partial charge in [0.05, 0.1) is 36.7 Å². The molecule has 0 atom stereocenters. The number of ether oxygens (including phenoxy) is 3. The first kappa shape index (κ1) is 23.6. The molecule has 0 aliphatic heterocycles. The third kappa shape index (κ3) is 4.47. The van der Waals surface area contributed by atoms with Gasteiger partial charge in [-0.05, 0) is 42.5 Å². The summed E-state index contributed by atoms with van der Waals surface area (Å²) in [6, 6.07) is 19.0. The van der Waals surface area contributed by atoms with Crippen molar-refractivity contribution < 1.29 is 28.5 Å². The fourth-order valence-electron chi connectivity index (χ4n) is 3.92. The van der Waals surface area contributed by atoms with Crippen LogP contribution < -0.4 is 19.8 Å². The average Bonchev–Trinajstić information content (AvgIpc) is 3.35. The van der Waals surface area contributed by atoms with E-state index in [9.17, 15) is 9.59 Å². The number of methoxy groups -OCH3 is 2. The van der Waals surface area contributed by atoms with E-state index in [0.717, 1.165) is 10.1 Å². The Labute approximate surface area is 210 Å². The van der Waals surface area contributed by atoms with Crippen LogP contribution in [0.1, 0.15) is 5.56 Å². The van der Waals surface area contributed by atoms with Crippen LogP contribution in [-0.2, 0) is 4.79 Å². The van der Waals surface area contributed by atoms with Crippen LogP contribution in [0.5, 0.6) is 17.2 Å². The van der Waals surface area contributed by atoms with Crippen LogP contribution in [0.3, 0.4) is 0 Å². The molecule has 0 saturated heterocycles. The van der Waals surface area contributed by atoms with Gasteiger partial charge in [0.2, 0.25) is 5.82 Å². The molecular formula is C27H21N3O7. The van der Waals surface area contributed by atoms with Gasteiger partial charge >= 0.3 is 5.97 Å². The fourth-order valence-corrected chi connectivity index (χ4v) is 3.92. The number of benzene rings is 3. The molecule has 0 aliphatic carbocycles. The van der Waals surface area contributed by atoms with Gasteiger partial charge in [-0.3, -0.25) is 4.79 Å². The number of nitrogens with zero attached hydrogens (tertiary/aromatic N) is 3. The molecule has 5 rings (SSSR count). The summed E-state index contributed by atoms with van der Waals surface area (Å²) >= 11 is 0. The monoisotopic (exact) mass is 499 g/mol. The van der Waals surface area contributed by atoms with Crippen molar-refractivity contribution in [2.45, 2.75) is 0 Å². The molecular weight excluding hydrogens is 478 g/mol. The SMILES string of the molecule is COc1cccc(C=Nn2c(-c3cc4c(OC)cccc4o3)nc3ccccc3c2=O)c1OCC(=O)O. The third-order valence-corrected chi connectivity index (χ3v) is 5.60. The van der Waals surface area contributed by atoms with Crippen molar-refractivity contribution in [1.29, 1.82) is 0 Å². The Morgan fingerprint density at radius 3 is 2.57 bits per heavy atom. The number of aromatic nitrogens is 2. The minimum atomic E-state index is -1.15. The molecule has 3 aromatic carbocycles. The molecule has 0 fully saturated rings. The number of carbonyl (C=O) groups is 1. The predicted molar refractivity (Wildman–Crippen MR) is 137 cm³/mol. The number of rotatable bonds is 8. The van der Waals surface area contributed by atoms with Crippen molar-refractivity contribution in [1.82, 2.24) is 9.66 Å². The molecule has 0 unspecified atom stereocenters. The number of fused-ring (bicyclic) bond motifs is 2. The molecule has 186 valence electrons. The molecule has 10 heteroatoms. The van der Waals surface area contributed by atoms with E-state index in [2.05, 4.69) is 10.1 Å². The molecule has 2 aromatic heterocycles. The maximum Gasteiger partial charge on any atom is 0.341 e. The maximum atomic E-state index is 13.5. The van der Waals surface area contributed by atoms with Gasteiger partial charge in [-0.15, -0.1) is 0 Å². The van der Waals surface area contributed by atoms with E-state index in [1.54, 1.807) is 67.8 Å². The highest BCUT2D eigenvalue weighted by Crippen LogP contribution is 2.33. The minimum Gasteiger partial charge on any atom is -0.496 e. The molecule has 37 heavy (non-hydrogen) atoms. The van der Waals surface area contributed by atoms with Crippen molar-refractivity contribution in [3.8, 4) is 28.8 Å². The quantitative estimate of drug-likeness (QED) is 0.315. The van der Waals surface area contributed by atoms with Crippen molar-refractivity contribution >= 4 is 34.1 Å². The first-order valence-corrected chi connectivity index (χ1v) is 11.1. The van der Waals surface area contributed by atoms with Crippen molar-refractivity contribution in [2.24, 2.45) is 5.10 Å². The lowest BCUT2D eigenvalue weighted by molar-refractivity contribution is -0.139. The maximum absolute atomic E-state index is 13.5. The van der Waals surface area contributed by atoms with Crippen molar-refractivity contribution in [2.75, 3.05) is 20.8 Å². The molecule has 0 aliphatic rings. The third-order valence-electron chi connectivity index (χ3n) is 5.60. The van der Waals surface area contributed by atoms with Crippen LogP contribution in [0.25, 0.3) is 33.5 Å². The predicted octanol–water partition coefficient (Wildman–Crippen LogP) is 4.17. The van der Waals surface area contributed by atoms with Crippen molar-refractivity contribution in [3.05, 3.63) is 82.6 Å². The molecule has 0 radical (unpaired) electrons. The number of hydrogen-bond acceptors (Lipinski definition) is 8. The highest BCUT2D eigenvalue weighted by atomic mass is 16.5. The highest BCUT2D eigenvalue weighted by molar-refractivity contribution is 5.89. The number of aliphatic carboxylic acids is 1. The number of carboxylic acids is 1. The summed E-state index contributed by atoms with van der Waals surface area (Å²) in [4.78, 5) is 29.3. The number of hydrogen-bond donors (Lipinski definition) is 1. The topological polar surface area (TPSA) is 125 Å². The molecule has 5 aromatic rings. The minimum absolute atomic E-state index is 0.174. The van der Waals surface area contributed by atoms with Crippen LogP contribution >= 0.6 is 0 Å². The fraction of sp³-hybridized carbons (Fsp3) is 0.111. The van der Waals surface area contributed by atoms with E-state index >= 15 is 0 Å². The number of para-hydroxylation sites is 2. The highest BCUT2D eigenvalue weighted by Gasteiger charge is 2.18.